The van der Waals surface area contributed by atoms with Crippen molar-refractivity contribution in [3.63, 3.8) is 0 Å². The molecule has 1 N–H and O–H groups in total. The summed E-state index contributed by atoms with van der Waals surface area (Å²) in [5.74, 6) is 0.968. The summed E-state index contributed by atoms with van der Waals surface area (Å²) in [4.78, 5) is 24.3. The minimum absolute atomic E-state index is 0.125. The first kappa shape index (κ1) is 17.2. The second-order valence-electron chi connectivity index (χ2n) is 7.49. The predicted octanol–water partition coefficient (Wildman–Crippen LogP) is 2.90. The van der Waals surface area contributed by atoms with Crippen LogP contribution in [0.5, 0.6) is 0 Å². The van der Waals surface area contributed by atoms with Gasteiger partial charge < -0.3 is 10.2 Å². The Morgan fingerprint density at radius 3 is 2.85 bits per heavy atom. The summed E-state index contributed by atoms with van der Waals surface area (Å²) in [7, 11) is 0. The van der Waals surface area contributed by atoms with Gasteiger partial charge in [-0.3, -0.25) is 4.79 Å². The van der Waals surface area contributed by atoms with Crippen molar-refractivity contribution in [2.45, 2.75) is 51.6 Å². The van der Waals surface area contributed by atoms with Crippen molar-refractivity contribution >= 4 is 5.91 Å². The Bertz CT molecular complexity index is 796. The Morgan fingerprint density at radius 2 is 2.12 bits per heavy atom. The zero-order valence-corrected chi connectivity index (χ0v) is 15.5. The average molecular weight is 350 g/mol. The van der Waals surface area contributed by atoms with Crippen LogP contribution in [0.25, 0.3) is 0 Å². The van der Waals surface area contributed by atoms with Crippen molar-refractivity contribution in [2.75, 3.05) is 13.1 Å². The van der Waals surface area contributed by atoms with Crippen LogP contribution in [-0.2, 0) is 17.8 Å². The lowest BCUT2D eigenvalue weighted by molar-refractivity contribution is -0.133. The Balaban J connectivity index is 1.47. The van der Waals surface area contributed by atoms with Crippen molar-refractivity contribution in [3.8, 4) is 0 Å². The predicted molar refractivity (Wildman–Crippen MR) is 101 cm³/mol. The number of aryl methyl sites for hydroxylation is 1. The Morgan fingerprint density at radius 1 is 1.31 bits per heavy atom. The van der Waals surface area contributed by atoms with Crippen molar-refractivity contribution < 1.29 is 4.79 Å². The zero-order valence-electron chi connectivity index (χ0n) is 15.5. The third-order valence-electron chi connectivity index (χ3n) is 5.58. The van der Waals surface area contributed by atoms with E-state index in [0.29, 0.717) is 12.6 Å². The van der Waals surface area contributed by atoms with Crippen molar-refractivity contribution in [1.29, 1.82) is 0 Å². The van der Waals surface area contributed by atoms with E-state index in [0.717, 1.165) is 48.6 Å². The molecule has 1 aromatic carbocycles. The van der Waals surface area contributed by atoms with E-state index in [1.165, 1.54) is 12.0 Å². The van der Waals surface area contributed by atoms with E-state index in [9.17, 15) is 4.79 Å². The molecule has 5 nitrogen and oxygen atoms in total. The van der Waals surface area contributed by atoms with Crippen LogP contribution in [-0.4, -0.2) is 33.9 Å². The lowest BCUT2D eigenvalue weighted by Gasteiger charge is -2.30. The van der Waals surface area contributed by atoms with Crippen LogP contribution in [0.2, 0.25) is 0 Å². The van der Waals surface area contributed by atoms with Gasteiger partial charge in [-0.25, -0.2) is 9.97 Å². The third-order valence-corrected chi connectivity index (χ3v) is 5.58. The van der Waals surface area contributed by atoms with Gasteiger partial charge in [0, 0.05) is 31.3 Å². The number of fused-ring (bicyclic) bond motifs is 1. The molecule has 2 aliphatic heterocycles. The van der Waals surface area contributed by atoms with E-state index < -0.39 is 0 Å². The quantitative estimate of drug-likeness (QED) is 0.925. The van der Waals surface area contributed by atoms with Crippen molar-refractivity contribution in [3.05, 3.63) is 58.7 Å². The molecule has 2 aliphatic rings. The van der Waals surface area contributed by atoms with Crippen LogP contribution in [0.3, 0.4) is 0 Å². The maximum Gasteiger partial charge on any atom is 0.230 e. The maximum atomic E-state index is 12.9. The monoisotopic (exact) mass is 350 g/mol. The molecule has 4 rings (SSSR count). The molecule has 0 bridgehead atoms. The van der Waals surface area contributed by atoms with Gasteiger partial charge >= 0.3 is 0 Å². The SMILES string of the molecule is Cc1ccc([C@@H](C)C(=O)N2CCc3nc([C@@H]4CCCN4)ncc3C2)cc1. The molecule has 2 aromatic rings. The topological polar surface area (TPSA) is 58.1 Å². The highest BCUT2D eigenvalue weighted by atomic mass is 16.2. The summed E-state index contributed by atoms with van der Waals surface area (Å²) in [5.41, 5.74) is 4.48. The highest BCUT2D eigenvalue weighted by Gasteiger charge is 2.27. The molecule has 26 heavy (non-hydrogen) atoms. The summed E-state index contributed by atoms with van der Waals surface area (Å²) in [6, 6.07) is 8.54. The number of rotatable bonds is 3. The van der Waals surface area contributed by atoms with Gasteiger partial charge in [0.15, 0.2) is 0 Å². The second-order valence-corrected chi connectivity index (χ2v) is 7.49. The van der Waals surface area contributed by atoms with Crippen LogP contribution >= 0.6 is 0 Å². The van der Waals surface area contributed by atoms with Gasteiger partial charge in [-0.1, -0.05) is 29.8 Å². The Kier molecular flexibility index (Phi) is 4.72. The van der Waals surface area contributed by atoms with E-state index in [1.54, 1.807) is 0 Å². The number of benzene rings is 1. The molecule has 0 unspecified atom stereocenters. The summed E-state index contributed by atoms with van der Waals surface area (Å²) in [6.45, 7) is 6.45. The van der Waals surface area contributed by atoms with Gasteiger partial charge in [-0.15, -0.1) is 0 Å². The first-order valence-electron chi connectivity index (χ1n) is 9.55. The number of nitrogens with zero attached hydrogens (tertiary/aromatic N) is 3. The Labute approximate surface area is 154 Å². The highest BCUT2D eigenvalue weighted by molar-refractivity contribution is 5.83. The number of hydrogen-bond acceptors (Lipinski definition) is 4. The standard InChI is InChI=1S/C21H26N4O/c1-14-5-7-16(8-6-14)15(2)21(26)25-11-9-18-17(13-25)12-23-20(24-18)19-4-3-10-22-19/h5-8,12,15,19,22H,3-4,9-11,13H2,1-2H3/t15-,19+/m1/s1. The summed E-state index contributed by atoms with van der Waals surface area (Å²) >= 11 is 0. The number of aromatic nitrogens is 2. The molecule has 1 saturated heterocycles. The molecule has 1 amide bonds. The van der Waals surface area contributed by atoms with Crippen LogP contribution in [0.4, 0.5) is 0 Å². The van der Waals surface area contributed by atoms with Gasteiger partial charge in [-0.05, 0) is 38.8 Å². The molecule has 1 fully saturated rings. The van der Waals surface area contributed by atoms with Crippen LogP contribution in [0, 0.1) is 6.92 Å². The largest absolute Gasteiger partial charge is 0.337 e. The smallest absolute Gasteiger partial charge is 0.230 e. The zero-order chi connectivity index (χ0) is 18.1. The second kappa shape index (κ2) is 7.16. The molecule has 136 valence electrons. The first-order valence-corrected chi connectivity index (χ1v) is 9.55. The first-order chi connectivity index (χ1) is 12.6. The molecular weight excluding hydrogens is 324 g/mol. The lowest BCUT2D eigenvalue weighted by atomic mass is 9.97. The van der Waals surface area contributed by atoms with E-state index in [1.807, 2.05) is 18.0 Å². The van der Waals surface area contributed by atoms with E-state index in [-0.39, 0.29) is 11.8 Å². The van der Waals surface area contributed by atoms with Gasteiger partial charge in [0.2, 0.25) is 5.91 Å². The van der Waals surface area contributed by atoms with Gasteiger partial charge in [-0.2, -0.15) is 0 Å². The Hall–Kier alpha value is -2.27. The fourth-order valence-electron chi connectivity index (χ4n) is 3.86. The fraction of sp³-hybridized carbons (Fsp3) is 0.476. The van der Waals surface area contributed by atoms with Crippen LogP contribution < -0.4 is 5.32 Å². The van der Waals surface area contributed by atoms with Gasteiger partial charge in [0.05, 0.1) is 17.7 Å². The third kappa shape index (κ3) is 3.36. The molecule has 0 saturated carbocycles. The summed E-state index contributed by atoms with van der Waals surface area (Å²) < 4.78 is 0. The van der Waals surface area contributed by atoms with Crippen LogP contribution in [0.1, 0.15) is 59.9 Å². The molecule has 2 atom stereocenters. The van der Waals surface area contributed by atoms with Gasteiger partial charge in [0.1, 0.15) is 5.82 Å². The minimum Gasteiger partial charge on any atom is -0.337 e. The van der Waals surface area contributed by atoms with Crippen LogP contribution in [0.15, 0.2) is 30.5 Å². The molecule has 5 heteroatoms. The molecular formula is C21H26N4O. The van der Waals surface area contributed by atoms with Gasteiger partial charge in [0.25, 0.3) is 0 Å². The van der Waals surface area contributed by atoms with E-state index in [2.05, 4.69) is 41.5 Å². The fourth-order valence-corrected chi connectivity index (χ4v) is 3.86. The maximum absolute atomic E-state index is 12.9. The van der Waals surface area contributed by atoms with Crippen molar-refractivity contribution in [1.82, 2.24) is 20.2 Å². The molecule has 0 radical (unpaired) electrons. The number of hydrogen-bond donors (Lipinski definition) is 1. The molecule has 3 heterocycles. The summed E-state index contributed by atoms with van der Waals surface area (Å²) in [5, 5.41) is 3.45. The summed E-state index contributed by atoms with van der Waals surface area (Å²) in [6.07, 6.45) is 5.03. The molecule has 1 aromatic heterocycles. The van der Waals surface area contributed by atoms with Crippen molar-refractivity contribution in [2.24, 2.45) is 0 Å². The molecule has 0 spiro atoms. The normalized spacial score (nSPS) is 20.7. The van der Waals surface area contributed by atoms with E-state index in [4.69, 9.17) is 4.98 Å². The van der Waals surface area contributed by atoms with E-state index >= 15 is 0 Å². The molecule has 0 aliphatic carbocycles. The number of amides is 1. The highest BCUT2D eigenvalue weighted by Crippen LogP contribution is 2.25. The number of carbonyl (C=O) groups excluding carboxylic acids is 1. The number of carbonyl (C=O) groups is 1. The number of nitrogens with one attached hydrogen (secondary N) is 1. The minimum atomic E-state index is -0.125. The average Bonchev–Trinajstić information content (AvgIpc) is 3.21. The lowest BCUT2D eigenvalue weighted by Crippen LogP contribution is -2.39.